The van der Waals surface area contributed by atoms with Crippen LogP contribution in [0.25, 0.3) is 11.3 Å². The van der Waals surface area contributed by atoms with Crippen molar-refractivity contribution in [2.75, 3.05) is 13.2 Å². The summed E-state index contributed by atoms with van der Waals surface area (Å²) in [7, 11) is 0. The molecule has 1 aliphatic rings. The summed E-state index contributed by atoms with van der Waals surface area (Å²) in [6, 6.07) is 17.7. The van der Waals surface area contributed by atoms with Crippen molar-refractivity contribution in [2.24, 2.45) is 0 Å². The molecule has 4 rings (SSSR count). The van der Waals surface area contributed by atoms with Gasteiger partial charge in [-0.1, -0.05) is 23.7 Å². The number of amides is 2. The van der Waals surface area contributed by atoms with Gasteiger partial charge in [-0.2, -0.15) is 0 Å². The zero-order valence-electron chi connectivity index (χ0n) is 17.9. The number of halogens is 1. The minimum atomic E-state index is -0.586. The van der Waals surface area contributed by atoms with Gasteiger partial charge in [0.15, 0.2) is 6.61 Å². The lowest BCUT2D eigenvalue weighted by Crippen LogP contribution is -2.28. The largest absolute Gasteiger partial charge is 0.459 e. The highest BCUT2D eigenvalue weighted by molar-refractivity contribution is 6.30. The summed E-state index contributed by atoms with van der Waals surface area (Å²) in [6.45, 7) is 1.07. The summed E-state index contributed by atoms with van der Waals surface area (Å²) in [5.41, 5.74) is 2.16. The molecule has 1 fully saturated rings. The molecule has 3 aromatic rings. The number of carbonyl (C=O) groups is 3. The van der Waals surface area contributed by atoms with Crippen LogP contribution in [-0.2, 0) is 27.4 Å². The van der Waals surface area contributed by atoms with Crippen LogP contribution in [0.2, 0.25) is 5.02 Å². The van der Waals surface area contributed by atoms with Gasteiger partial charge in [0.25, 0.3) is 5.91 Å². The van der Waals surface area contributed by atoms with Gasteiger partial charge in [0.2, 0.25) is 5.91 Å². The fourth-order valence-electron chi connectivity index (χ4n) is 3.53. The van der Waals surface area contributed by atoms with E-state index in [0.29, 0.717) is 35.1 Å². The minimum absolute atomic E-state index is 0.153. The van der Waals surface area contributed by atoms with Crippen LogP contribution in [0.15, 0.2) is 65.1 Å². The van der Waals surface area contributed by atoms with Crippen LogP contribution in [-0.4, -0.2) is 35.8 Å². The average molecular weight is 467 g/mol. The van der Waals surface area contributed by atoms with Gasteiger partial charge in [0, 0.05) is 30.1 Å². The number of likely N-dealkylation sites (tertiary alicyclic amines) is 1. The molecule has 0 aliphatic carbocycles. The Labute approximate surface area is 196 Å². The Morgan fingerprint density at radius 3 is 2.48 bits per heavy atom. The van der Waals surface area contributed by atoms with Gasteiger partial charge >= 0.3 is 5.97 Å². The molecule has 1 aromatic heterocycles. The van der Waals surface area contributed by atoms with E-state index in [1.54, 1.807) is 47.4 Å². The zero-order valence-corrected chi connectivity index (χ0v) is 18.6. The van der Waals surface area contributed by atoms with Crippen molar-refractivity contribution in [1.29, 1.82) is 0 Å². The first-order valence-corrected chi connectivity index (χ1v) is 11.0. The molecule has 0 radical (unpaired) electrons. The molecule has 170 valence electrons. The van der Waals surface area contributed by atoms with Gasteiger partial charge < -0.3 is 19.4 Å². The standard InChI is InChI=1S/C25H23ClN2O5/c26-20-9-7-18(8-10-20)22-12-11-21(33-22)14-27-23(29)16-32-25(31)19-5-3-17(4-6-19)15-28-13-1-2-24(28)30/h3-12H,1-2,13-16H2,(H,27,29). The number of ether oxygens (including phenoxy) is 1. The predicted octanol–water partition coefficient (Wildman–Crippen LogP) is 4.20. The van der Waals surface area contributed by atoms with Gasteiger partial charge in [-0.05, 0) is 60.5 Å². The molecular weight excluding hydrogens is 444 g/mol. The average Bonchev–Trinajstić information content (AvgIpc) is 3.46. The molecule has 0 atom stereocenters. The summed E-state index contributed by atoms with van der Waals surface area (Å²) in [5.74, 6) is 0.376. The molecule has 8 heteroatoms. The van der Waals surface area contributed by atoms with Crippen LogP contribution in [0.4, 0.5) is 0 Å². The Hall–Kier alpha value is -3.58. The first-order valence-electron chi connectivity index (χ1n) is 10.6. The third-order valence-corrected chi connectivity index (χ3v) is 5.57. The van der Waals surface area contributed by atoms with E-state index in [2.05, 4.69) is 5.32 Å². The van der Waals surface area contributed by atoms with E-state index in [1.807, 2.05) is 18.2 Å². The highest BCUT2D eigenvalue weighted by atomic mass is 35.5. The highest BCUT2D eigenvalue weighted by Gasteiger charge is 2.20. The topological polar surface area (TPSA) is 88.9 Å². The SMILES string of the molecule is O=C(COC(=O)c1ccc(CN2CCCC2=O)cc1)NCc1ccc(-c2ccc(Cl)cc2)o1. The second-order valence-corrected chi connectivity index (χ2v) is 8.18. The monoisotopic (exact) mass is 466 g/mol. The summed E-state index contributed by atoms with van der Waals surface area (Å²) >= 11 is 5.90. The number of furan rings is 1. The molecule has 0 saturated carbocycles. The van der Waals surface area contributed by atoms with Crippen LogP contribution < -0.4 is 5.32 Å². The Kier molecular flexibility index (Phi) is 7.10. The van der Waals surface area contributed by atoms with E-state index in [1.165, 1.54) is 0 Å². The molecule has 7 nitrogen and oxygen atoms in total. The third-order valence-electron chi connectivity index (χ3n) is 5.32. The molecule has 0 spiro atoms. The maximum absolute atomic E-state index is 12.2. The van der Waals surface area contributed by atoms with Crippen molar-refractivity contribution in [1.82, 2.24) is 10.2 Å². The van der Waals surface area contributed by atoms with Crippen molar-refractivity contribution in [3.63, 3.8) is 0 Å². The smallest absolute Gasteiger partial charge is 0.338 e. The fraction of sp³-hybridized carbons (Fsp3) is 0.240. The molecular formula is C25H23ClN2O5. The number of benzene rings is 2. The molecule has 2 amide bonds. The normalized spacial score (nSPS) is 13.2. The quantitative estimate of drug-likeness (QED) is 0.503. The summed E-state index contributed by atoms with van der Waals surface area (Å²) in [5, 5.41) is 3.31. The number of nitrogens with one attached hydrogen (secondary N) is 1. The maximum Gasteiger partial charge on any atom is 0.338 e. The van der Waals surface area contributed by atoms with Crippen LogP contribution in [0, 0.1) is 0 Å². The van der Waals surface area contributed by atoms with Crippen molar-refractivity contribution < 1.29 is 23.5 Å². The van der Waals surface area contributed by atoms with Crippen LogP contribution in [0.1, 0.15) is 34.5 Å². The van der Waals surface area contributed by atoms with Gasteiger partial charge in [-0.3, -0.25) is 9.59 Å². The van der Waals surface area contributed by atoms with E-state index >= 15 is 0 Å². The van der Waals surface area contributed by atoms with Crippen molar-refractivity contribution in [3.8, 4) is 11.3 Å². The molecule has 33 heavy (non-hydrogen) atoms. The second-order valence-electron chi connectivity index (χ2n) is 7.74. The van der Waals surface area contributed by atoms with E-state index in [-0.39, 0.29) is 12.5 Å². The Bertz CT molecular complexity index is 1140. The highest BCUT2D eigenvalue weighted by Crippen LogP contribution is 2.23. The van der Waals surface area contributed by atoms with Crippen molar-refractivity contribution >= 4 is 29.4 Å². The van der Waals surface area contributed by atoms with E-state index in [0.717, 1.165) is 24.1 Å². The van der Waals surface area contributed by atoms with Gasteiger partial charge in [0.05, 0.1) is 12.1 Å². The van der Waals surface area contributed by atoms with Crippen LogP contribution >= 0.6 is 11.6 Å². The number of nitrogens with zero attached hydrogens (tertiary/aromatic N) is 1. The zero-order chi connectivity index (χ0) is 23.2. The number of esters is 1. The molecule has 0 bridgehead atoms. The number of hydrogen-bond acceptors (Lipinski definition) is 5. The summed E-state index contributed by atoms with van der Waals surface area (Å²) < 4.78 is 10.8. The molecule has 0 unspecified atom stereocenters. The van der Waals surface area contributed by atoms with Gasteiger partial charge in [0.1, 0.15) is 11.5 Å². The van der Waals surface area contributed by atoms with Gasteiger partial charge in [-0.15, -0.1) is 0 Å². The third kappa shape index (κ3) is 6.02. The predicted molar refractivity (Wildman–Crippen MR) is 122 cm³/mol. The Balaban J connectivity index is 1.21. The van der Waals surface area contributed by atoms with E-state index in [9.17, 15) is 14.4 Å². The minimum Gasteiger partial charge on any atom is -0.459 e. The van der Waals surface area contributed by atoms with Crippen LogP contribution in [0.3, 0.4) is 0 Å². The molecule has 2 heterocycles. The maximum atomic E-state index is 12.2. The first kappa shape index (κ1) is 22.6. The van der Waals surface area contributed by atoms with E-state index < -0.39 is 18.5 Å². The summed E-state index contributed by atoms with van der Waals surface area (Å²) in [4.78, 5) is 37.8. The van der Waals surface area contributed by atoms with Crippen molar-refractivity contribution in [2.45, 2.75) is 25.9 Å². The molecule has 2 aromatic carbocycles. The number of rotatable bonds is 8. The molecule has 1 aliphatic heterocycles. The van der Waals surface area contributed by atoms with E-state index in [4.69, 9.17) is 20.8 Å². The van der Waals surface area contributed by atoms with Gasteiger partial charge in [-0.25, -0.2) is 4.79 Å². The Morgan fingerprint density at radius 2 is 1.79 bits per heavy atom. The lowest BCUT2D eigenvalue weighted by atomic mass is 10.1. The van der Waals surface area contributed by atoms with Crippen LogP contribution in [0.5, 0.6) is 0 Å². The molecule has 1 N–H and O–H groups in total. The Morgan fingerprint density at radius 1 is 1.03 bits per heavy atom. The lowest BCUT2D eigenvalue weighted by molar-refractivity contribution is -0.128. The number of carbonyl (C=O) groups excluding carboxylic acids is 3. The first-order chi connectivity index (χ1) is 16.0. The summed E-state index contributed by atoms with van der Waals surface area (Å²) in [6.07, 6.45) is 1.48. The van der Waals surface area contributed by atoms with Crippen molar-refractivity contribution in [3.05, 3.63) is 82.6 Å². The lowest BCUT2D eigenvalue weighted by Gasteiger charge is -2.15. The number of hydrogen-bond donors (Lipinski definition) is 1. The second kappa shape index (κ2) is 10.4. The fourth-order valence-corrected chi connectivity index (χ4v) is 3.66. The molecule has 1 saturated heterocycles.